The average Bonchev–Trinajstić information content (AvgIpc) is 0. The molecule has 0 heterocycles. The zero-order chi connectivity index (χ0) is 0. The van der Waals surface area contributed by atoms with Gasteiger partial charge in [-0.25, -0.2) is 0 Å². The van der Waals surface area contributed by atoms with E-state index in [1.165, 1.54) is 0 Å². The van der Waals surface area contributed by atoms with Gasteiger partial charge in [0.1, 0.15) is 0 Å². The maximum absolute atomic E-state index is 0. The van der Waals surface area contributed by atoms with Gasteiger partial charge in [0, 0.05) is 35.6 Å². The molecule has 0 aliphatic carbocycles. The maximum atomic E-state index is 0. The van der Waals surface area contributed by atoms with Crippen molar-refractivity contribution < 1.29 is 57.5 Å². The summed E-state index contributed by atoms with van der Waals surface area (Å²) in [5.41, 5.74) is 0. The van der Waals surface area contributed by atoms with Gasteiger partial charge < -0.3 is 21.9 Å². The molecule has 0 unspecified atom stereocenters. The van der Waals surface area contributed by atoms with Gasteiger partial charge in [-0.2, -0.15) is 0 Å². The topological polar surface area (TPSA) is 126 Å². The molecule has 0 aromatic rings. The van der Waals surface area contributed by atoms with Gasteiger partial charge in [0.05, 0.1) is 0 Å². The van der Waals surface area contributed by atoms with Crippen LogP contribution in [0.15, 0.2) is 0 Å². The fourth-order valence-corrected chi connectivity index (χ4v) is 0. The van der Waals surface area contributed by atoms with E-state index in [1.807, 2.05) is 0 Å². The summed E-state index contributed by atoms with van der Waals surface area (Å²) < 4.78 is 0. The molecule has 0 aliphatic heterocycles. The minimum atomic E-state index is 0. The Kier molecular flexibility index (Phi) is 2190. The van der Waals surface area contributed by atoms with E-state index in [9.17, 15) is 0 Å². The number of hydrogen-bond acceptors (Lipinski definition) is 0. The van der Waals surface area contributed by atoms with Crippen molar-refractivity contribution in [1.29, 1.82) is 0 Å². The SMILES string of the molecule is O.O.O.O.[La]. The molecule has 4 nitrogen and oxygen atoms in total. The monoisotopic (exact) mass is 211 g/mol. The van der Waals surface area contributed by atoms with Crippen LogP contribution in [0.25, 0.3) is 0 Å². The van der Waals surface area contributed by atoms with Gasteiger partial charge in [-0.05, 0) is 0 Å². The van der Waals surface area contributed by atoms with Crippen LogP contribution in [-0.4, -0.2) is 21.9 Å². The van der Waals surface area contributed by atoms with Gasteiger partial charge in [-0.1, -0.05) is 0 Å². The molecule has 0 aromatic heterocycles. The first-order valence-corrected chi connectivity index (χ1v) is 0. The summed E-state index contributed by atoms with van der Waals surface area (Å²) in [6.45, 7) is 0. The average molecular weight is 211 g/mol. The van der Waals surface area contributed by atoms with E-state index in [0.29, 0.717) is 0 Å². The maximum Gasteiger partial charge on any atom is 0 e. The molecule has 0 aliphatic rings. The van der Waals surface area contributed by atoms with Crippen molar-refractivity contribution in [1.82, 2.24) is 0 Å². The summed E-state index contributed by atoms with van der Waals surface area (Å²) in [7, 11) is 0. The van der Waals surface area contributed by atoms with Crippen molar-refractivity contribution in [3.8, 4) is 0 Å². The fraction of sp³-hybridized carbons (Fsp3) is 0. The molecule has 0 atom stereocenters. The van der Waals surface area contributed by atoms with E-state index in [-0.39, 0.29) is 57.5 Å². The van der Waals surface area contributed by atoms with E-state index in [4.69, 9.17) is 0 Å². The first kappa shape index (κ1) is 143. The molecule has 0 saturated heterocycles. The molecule has 0 rings (SSSR count). The summed E-state index contributed by atoms with van der Waals surface area (Å²) in [6.07, 6.45) is 0. The summed E-state index contributed by atoms with van der Waals surface area (Å²) in [4.78, 5) is 0. The molecular formula is H8LaO4. The van der Waals surface area contributed by atoms with Crippen LogP contribution in [0.2, 0.25) is 0 Å². The first-order valence-electron chi connectivity index (χ1n) is 0. The fourth-order valence-electron chi connectivity index (χ4n) is 0. The van der Waals surface area contributed by atoms with Crippen molar-refractivity contribution >= 4 is 0 Å². The van der Waals surface area contributed by atoms with Crippen LogP contribution < -0.4 is 0 Å². The van der Waals surface area contributed by atoms with Gasteiger partial charge in [-0.15, -0.1) is 0 Å². The number of rotatable bonds is 0. The minimum absolute atomic E-state index is 0. The molecule has 5 heteroatoms. The van der Waals surface area contributed by atoms with Crippen LogP contribution in [0.4, 0.5) is 0 Å². The Morgan fingerprint density at radius 1 is 0.400 bits per heavy atom. The third kappa shape index (κ3) is 43.3. The zero-order valence-electron chi connectivity index (χ0n) is 2.58. The summed E-state index contributed by atoms with van der Waals surface area (Å²) in [5, 5.41) is 0. The molecular weight excluding hydrogens is 203 g/mol. The van der Waals surface area contributed by atoms with Crippen molar-refractivity contribution in [3.05, 3.63) is 0 Å². The predicted molar refractivity (Wildman–Crippen MR) is 14.5 cm³/mol. The van der Waals surface area contributed by atoms with Crippen LogP contribution in [-0.2, 0) is 0 Å². The van der Waals surface area contributed by atoms with E-state index in [1.54, 1.807) is 0 Å². The number of hydrogen-bond donors (Lipinski definition) is 0. The van der Waals surface area contributed by atoms with Gasteiger partial charge in [-0.3, -0.25) is 0 Å². The van der Waals surface area contributed by atoms with Gasteiger partial charge in [0.2, 0.25) is 0 Å². The van der Waals surface area contributed by atoms with Crippen molar-refractivity contribution in [3.63, 3.8) is 0 Å². The molecule has 35 valence electrons. The Bertz CT molecular complexity index is 3.61. The van der Waals surface area contributed by atoms with Gasteiger partial charge in [0.25, 0.3) is 0 Å². The van der Waals surface area contributed by atoms with Gasteiger partial charge in [0.15, 0.2) is 0 Å². The van der Waals surface area contributed by atoms with Crippen LogP contribution in [0.1, 0.15) is 0 Å². The third-order valence-electron chi connectivity index (χ3n) is 0. The molecule has 0 bridgehead atoms. The second kappa shape index (κ2) is 76.5. The normalized spacial score (nSPS) is 0. The van der Waals surface area contributed by atoms with E-state index < -0.39 is 0 Å². The third-order valence-corrected chi connectivity index (χ3v) is 0. The van der Waals surface area contributed by atoms with Crippen LogP contribution in [0.3, 0.4) is 0 Å². The quantitative estimate of drug-likeness (QED) is 0.398. The molecule has 0 spiro atoms. The van der Waals surface area contributed by atoms with Crippen LogP contribution in [0.5, 0.6) is 0 Å². The molecule has 5 heavy (non-hydrogen) atoms. The van der Waals surface area contributed by atoms with Gasteiger partial charge >= 0.3 is 0 Å². The van der Waals surface area contributed by atoms with Crippen molar-refractivity contribution in [2.45, 2.75) is 0 Å². The standard InChI is InChI=1S/La.4H2O/h;4*1H2. The first-order chi connectivity index (χ1) is 0. The summed E-state index contributed by atoms with van der Waals surface area (Å²) in [5.74, 6) is 0. The Balaban J connectivity index is 0. The second-order valence-corrected chi connectivity index (χ2v) is 0. The van der Waals surface area contributed by atoms with E-state index in [0.717, 1.165) is 0 Å². The van der Waals surface area contributed by atoms with E-state index >= 15 is 0 Å². The largest absolute Gasteiger partial charge is 0.412 e. The second-order valence-electron chi connectivity index (χ2n) is 0. The zero-order valence-corrected chi connectivity index (χ0v) is 6.20. The Hall–Kier alpha value is 1.03. The Morgan fingerprint density at radius 3 is 0.400 bits per heavy atom. The molecule has 0 saturated carbocycles. The van der Waals surface area contributed by atoms with E-state index in [2.05, 4.69) is 0 Å². The smallest absolute Gasteiger partial charge is 0 e. The van der Waals surface area contributed by atoms with Crippen molar-refractivity contribution in [2.75, 3.05) is 0 Å². The summed E-state index contributed by atoms with van der Waals surface area (Å²) >= 11 is 0. The molecule has 0 aromatic carbocycles. The molecule has 0 amide bonds. The van der Waals surface area contributed by atoms with Crippen molar-refractivity contribution in [2.24, 2.45) is 0 Å². The Morgan fingerprint density at radius 2 is 0.400 bits per heavy atom. The molecule has 8 N–H and O–H groups in total. The van der Waals surface area contributed by atoms with Crippen LogP contribution >= 0.6 is 0 Å². The molecule has 1 radical (unpaired) electrons. The molecule has 0 fully saturated rings. The predicted octanol–water partition coefficient (Wildman–Crippen LogP) is -3.30. The van der Waals surface area contributed by atoms with Crippen LogP contribution in [0, 0.1) is 35.6 Å². The summed E-state index contributed by atoms with van der Waals surface area (Å²) in [6, 6.07) is 0. The Labute approximate surface area is 57.4 Å². The minimum Gasteiger partial charge on any atom is -0.412 e.